The quantitative estimate of drug-likeness (QED) is 0.0541. The van der Waals surface area contributed by atoms with Crippen molar-refractivity contribution >= 4 is 31.0 Å². The summed E-state index contributed by atoms with van der Waals surface area (Å²) < 4.78 is 13.0. The van der Waals surface area contributed by atoms with Crippen molar-refractivity contribution in [3.05, 3.63) is 124 Å². The Hall–Kier alpha value is -4.90. The topological polar surface area (TPSA) is 133 Å². The average Bonchev–Trinajstić information content (AvgIpc) is 3.09. The number of rotatable bonds is 15. The van der Waals surface area contributed by atoms with Crippen LogP contribution in [0, 0.1) is 0 Å². The fraction of sp³-hybridized carbons (Fsp3) is 0.317. The van der Waals surface area contributed by atoms with E-state index >= 15 is 0 Å². The van der Waals surface area contributed by atoms with Crippen LogP contribution in [0.2, 0.25) is 18.1 Å². The van der Waals surface area contributed by atoms with Crippen LogP contribution in [0.4, 0.5) is 10.5 Å². The van der Waals surface area contributed by atoms with E-state index in [-0.39, 0.29) is 22.5 Å². The highest BCUT2D eigenvalue weighted by Crippen LogP contribution is 2.41. The number of phenols is 1. The third-order valence-electron chi connectivity index (χ3n) is 9.62. The van der Waals surface area contributed by atoms with Gasteiger partial charge < -0.3 is 29.7 Å². The molecule has 0 aliphatic carbocycles. The van der Waals surface area contributed by atoms with Gasteiger partial charge in [-0.15, -0.1) is 0 Å². The second kappa shape index (κ2) is 16.4. The molecular formula is C41H49N3O6Si. The molecule has 0 saturated heterocycles. The minimum atomic E-state index is -2.18. The Morgan fingerprint density at radius 1 is 0.902 bits per heavy atom. The Morgan fingerprint density at radius 3 is 2.33 bits per heavy atom. The van der Waals surface area contributed by atoms with Crippen molar-refractivity contribution in [2.45, 2.75) is 70.8 Å². The van der Waals surface area contributed by atoms with Gasteiger partial charge in [-0.2, -0.15) is 0 Å². The van der Waals surface area contributed by atoms with Crippen LogP contribution < -0.4 is 20.9 Å². The summed E-state index contributed by atoms with van der Waals surface area (Å²) >= 11 is 0. The van der Waals surface area contributed by atoms with Crippen molar-refractivity contribution in [3.8, 4) is 22.6 Å². The molecule has 51 heavy (non-hydrogen) atoms. The van der Waals surface area contributed by atoms with E-state index in [1.807, 2.05) is 60.7 Å². The Kier molecular flexibility index (Phi) is 12.0. The SMILES string of the molecule is CC(C)(C)[Si](C)(C)O[C@@H](CNCc1ccc(OCCCCc2ccc(NC(=O)O)c(-c3ccccc3)c2)cc1)c1ccc(O)c2[nH]c(=O)ccc12. The molecule has 268 valence electrons. The molecular weight excluding hydrogens is 659 g/mol. The molecule has 5 aromatic rings. The minimum Gasteiger partial charge on any atom is -0.506 e. The van der Waals surface area contributed by atoms with E-state index in [2.05, 4.69) is 67.7 Å². The van der Waals surface area contributed by atoms with Gasteiger partial charge in [0.2, 0.25) is 5.56 Å². The van der Waals surface area contributed by atoms with Crippen LogP contribution in [0.25, 0.3) is 22.0 Å². The van der Waals surface area contributed by atoms with Crippen molar-refractivity contribution in [2.75, 3.05) is 18.5 Å². The van der Waals surface area contributed by atoms with Gasteiger partial charge in [-0.25, -0.2) is 4.79 Å². The number of aryl methyl sites for hydroxylation is 1. The largest absolute Gasteiger partial charge is 0.506 e. The van der Waals surface area contributed by atoms with Gasteiger partial charge in [-0.1, -0.05) is 75.4 Å². The fourth-order valence-electron chi connectivity index (χ4n) is 5.79. The second-order valence-corrected chi connectivity index (χ2v) is 19.2. The van der Waals surface area contributed by atoms with E-state index in [9.17, 15) is 19.8 Å². The number of phenolic OH excluding ortho intramolecular Hbond substituents is 1. The van der Waals surface area contributed by atoms with Crippen LogP contribution in [0.3, 0.4) is 0 Å². The number of aromatic nitrogens is 1. The molecule has 0 fully saturated rings. The number of nitrogens with one attached hydrogen (secondary N) is 3. The summed E-state index contributed by atoms with van der Waals surface area (Å²) in [6.45, 7) is 12.9. The van der Waals surface area contributed by atoms with Crippen molar-refractivity contribution in [3.63, 3.8) is 0 Å². The van der Waals surface area contributed by atoms with E-state index in [0.29, 0.717) is 30.9 Å². The maximum absolute atomic E-state index is 12.0. The first-order valence-electron chi connectivity index (χ1n) is 17.4. The maximum Gasteiger partial charge on any atom is 0.409 e. The van der Waals surface area contributed by atoms with Crippen molar-refractivity contribution in [2.24, 2.45) is 0 Å². The zero-order valence-corrected chi connectivity index (χ0v) is 31.1. The Labute approximate surface area is 300 Å². The number of anilines is 1. The molecule has 0 aliphatic heterocycles. The second-order valence-electron chi connectivity index (χ2n) is 14.4. The molecule has 0 saturated carbocycles. The number of aromatic amines is 1. The first kappa shape index (κ1) is 37.4. The number of aromatic hydroxyl groups is 1. The number of hydrogen-bond acceptors (Lipinski definition) is 6. The minimum absolute atomic E-state index is 0.000665. The van der Waals surface area contributed by atoms with E-state index in [4.69, 9.17) is 9.16 Å². The Balaban J connectivity index is 1.14. The number of hydrogen-bond donors (Lipinski definition) is 5. The summed E-state index contributed by atoms with van der Waals surface area (Å²) in [6, 6.07) is 30.5. The number of ether oxygens (including phenoxy) is 1. The number of pyridine rings is 1. The molecule has 1 amide bonds. The number of benzene rings is 4. The fourth-order valence-corrected chi connectivity index (χ4v) is 7.06. The third kappa shape index (κ3) is 9.88. The van der Waals surface area contributed by atoms with E-state index in [1.54, 1.807) is 12.1 Å². The lowest BCUT2D eigenvalue weighted by Crippen LogP contribution is -2.43. The normalized spacial score (nSPS) is 12.5. The molecule has 5 rings (SSSR count). The zero-order chi connectivity index (χ0) is 36.6. The summed E-state index contributed by atoms with van der Waals surface area (Å²) in [7, 11) is -2.18. The number of fused-ring (bicyclic) bond motifs is 1. The predicted octanol–water partition coefficient (Wildman–Crippen LogP) is 9.25. The number of carbonyl (C=O) groups is 1. The number of amides is 1. The van der Waals surface area contributed by atoms with Crippen LogP contribution in [-0.4, -0.2) is 42.8 Å². The van der Waals surface area contributed by atoms with Crippen molar-refractivity contribution in [1.29, 1.82) is 0 Å². The standard InChI is InChI=1S/C41H49N3O6Si/c1-41(2,3)51(4,5)50-37(32-19-22-36(45)39-33(32)20-23-38(46)44-39)27-42-26-29-14-17-31(18-15-29)49-24-10-9-11-28-16-21-35(43-40(47)48)34(25-28)30-12-7-6-8-13-30/h6-8,12-23,25,37,42-43,45H,9-11,24,26-27H2,1-5H3,(H,44,46)(H,47,48)/t37-/m0/s1. The van der Waals surface area contributed by atoms with Gasteiger partial charge in [0.25, 0.3) is 0 Å². The molecule has 1 atom stereocenters. The van der Waals surface area contributed by atoms with Crippen LogP contribution in [0.5, 0.6) is 11.5 Å². The average molecular weight is 708 g/mol. The zero-order valence-electron chi connectivity index (χ0n) is 30.1. The third-order valence-corrected chi connectivity index (χ3v) is 14.1. The van der Waals surface area contributed by atoms with Gasteiger partial charge in [0, 0.05) is 30.1 Å². The van der Waals surface area contributed by atoms with Crippen LogP contribution >= 0.6 is 0 Å². The van der Waals surface area contributed by atoms with Crippen LogP contribution in [-0.2, 0) is 17.4 Å². The monoisotopic (exact) mass is 707 g/mol. The lowest BCUT2D eigenvalue weighted by atomic mass is 9.98. The highest BCUT2D eigenvalue weighted by atomic mass is 28.4. The molecule has 9 nitrogen and oxygen atoms in total. The summed E-state index contributed by atoms with van der Waals surface area (Å²) in [5.74, 6) is 0.852. The molecule has 4 aromatic carbocycles. The predicted molar refractivity (Wildman–Crippen MR) is 207 cm³/mol. The molecule has 0 radical (unpaired) electrons. The number of carboxylic acid groups (broad SMARTS) is 1. The highest BCUT2D eigenvalue weighted by Gasteiger charge is 2.39. The molecule has 0 spiro atoms. The Bertz CT molecular complexity index is 1990. The molecule has 1 heterocycles. The molecule has 5 N–H and O–H groups in total. The maximum atomic E-state index is 12.0. The smallest absolute Gasteiger partial charge is 0.409 e. The molecule has 0 unspecified atom stereocenters. The van der Waals surface area contributed by atoms with Gasteiger partial charge in [0.05, 0.1) is 23.9 Å². The number of H-pyrrole nitrogens is 1. The molecule has 10 heteroatoms. The summed E-state index contributed by atoms with van der Waals surface area (Å²) in [6.07, 6.45) is 1.31. The van der Waals surface area contributed by atoms with Gasteiger partial charge in [0.15, 0.2) is 8.32 Å². The van der Waals surface area contributed by atoms with Gasteiger partial charge in [-0.3, -0.25) is 10.1 Å². The highest BCUT2D eigenvalue weighted by molar-refractivity contribution is 6.74. The first-order chi connectivity index (χ1) is 24.3. The molecule has 0 bridgehead atoms. The van der Waals surface area contributed by atoms with E-state index in [0.717, 1.165) is 58.2 Å². The summed E-state index contributed by atoms with van der Waals surface area (Å²) in [5.41, 5.74) is 5.74. The Morgan fingerprint density at radius 2 is 1.63 bits per heavy atom. The van der Waals surface area contributed by atoms with Crippen molar-refractivity contribution < 1.29 is 24.2 Å². The van der Waals surface area contributed by atoms with E-state index < -0.39 is 14.4 Å². The summed E-state index contributed by atoms with van der Waals surface area (Å²) in [5, 5.41) is 26.6. The number of unbranched alkanes of at least 4 members (excludes halogenated alkanes) is 1. The first-order valence-corrected chi connectivity index (χ1v) is 20.3. The van der Waals surface area contributed by atoms with Crippen molar-refractivity contribution in [1.82, 2.24) is 10.3 Å². The van der Waals surface area contributed by atoms with E-state index in [1.165, 1.54) is 6.07 Å². The van der Waals surface area contributed by atoms with Crippen LogP contribution in [0.1, 0.15) is 56.4 Å². The lowest BCUT2D eigenvalue weighted by Gasteiger charge is -2.39. The van der Waals surface area contributed by atoms with Crippen LogP contribution in [0.15, 0.2) is 102 Å². The van der Waals surface area contributed by atoms with Gasteiger partial charge in [0.1, 0.15) is 11.5 Å². The molecule has 1 aromatic heterocycles. The summed E-state index contributed by atoms with van der Waals surface area (Å²) in [4.78, 5) is 26.1. The lowest BCUT2D eigenvalue weighted by molar-refractivity contribution is 0.181. The van der Waals surface area contributed by atoms with Gasteiger partial charge >= 0.3 is 6.09 Å². The van der Waals surface area contributed by atoms with Gasteiger partial charge in [-0.05, 0) is 96.0 Å². The molecule has 0 aliphatic rings.